The van der Waals surface area contributed by atoms with Crippen LogP contribution in [0.15, 0.2) is 18.2 Å². The van der Waals surface area contributed by atoms with E-state index in [0.717, 1.165) is 34.1 Å². The summed E-state index contributed by atoms with van der Waals surface area (Å²) in [6, 6.07) is 6.07. The second kappa shape index (κ2) is 5.35. The van der Waals surface area contributed by atoms with Gasteiger partial charge < -0.3 is 11.1 Å². The molecule has 0 aliphatic heterocycles. The van der Waals surface area contributed by atoms with Gasteiger partial charge in [-0.3, -0.25) is 4.79 Å². The SMILES string of the molecule is Cc1ccc(I)cc1NC(=O)C1CCCC1N. The lowest BCUT2D eigenvalue weighted by Crippen LogP contribution is -2.34. The standard InChI is InChI=1S/C13H17IN2O/c1-8-5-6-9(14)7-12(8)16-13(17)10-3-2-4-11(10)15/h5-7,10-11H,2-4,15H2,1H3,(H,16,17). The van der Waals surface area contributed by atoms with Gasteiger partial charge in [0.05, 0.1) is 5.92 Å². The Morgan fingerprint density at radius 2 is 2.24 bits per heavy atom. The summed E-state index contributed by atoms with van der Waals surface area (Å²) in [6.45, 7) is 2.00. The minimum atomic E-state index is -0.0210. The lowest BCUT2D eigenvalue weighted by molar-refractivity contribution is -0.120. The van der Waals surface area contributed by atoms with Crippen LogP contribution in [0.5, 0.6) is 0 Å². The molecule has 17 heavy (non-hydrogen) atoms. The van der Waals surface area contributed by atoms with E-state index in [-0.39, 0.29) is 17.9 Å². The van der Waals surface area contributed by atoms with Gasteiger partial charge in [-0.1, -0.05) is 12.5 Å². The highest BCUT2D eigenvalue weighted by Gasteiger charge is 2.30. The van der Waals surface area contributed by atoms with E-state index in [1.807, 2.05) is 25.1 Å². The van der Waals surface area contributed by atoms with Crippen molar-refractivity contribution in [3.63, 3.8) is 0 Å². The topological polar surface area (TPSA) is 55.1 Å². The van der Waals surface area contributed by atoms with Crippen LogP contribution in [0.3, 0.4) is 0 Å². The molecule has 4 heteroatoms. The smallest absolute Gasteiger partial charge is 0.229 e. The quantitative estimate of drug-likeness (QED) is 0.811. The minimum Gasteiger partial charge on any atom is -0.327 e. The summed E-state index contributed by atoms with van der Waals surface area (Å²) < 4.78 is 1.12. The van der Waals surface area contributed by atoms with Crippen molar-refractivity contribution in [2.24, 2.45) is 11.7 Å². The van der Waals surface area contributed by atoms with E-state index in [1.165, 1.54) is 0 Å². The molecule has 0 heterocycles. The number of amides is 1. The molecular formula is C13H17IN2O. The average molecular weight is 344 g/mol. The highest BCUT2D eigenvalue weighted by atomic mass is 127. The molecule has 1 amide bonds. The lowest BCUT2D eigenvalue weighted by Gasteiger charge is -2.16. The third kappa shape index (κ3) is 2.98. The van der Waals surface area contributed by atoms with Crippen molar-refractivity contribution in [3.8, 4) is 0 Å². The lowest BCUT2D eigenvalue weighted by atomic mass is 10.0. The van der Waals surface area contributed by atoms with E-state index in [9.17, 15) is 4.79 Å². The molecule has 0 radical (unpaired) electrons. The molecule has 1 aliphatic rings. The largest absolute Gasteiger partial charge is 0.327 e. The fourth-order valence-corrected chi connectivity index (χ4v) is 2.76. The maximum atomic E-state index is 12.1. The zero-order chi connectivity index (χ0) is 12.4. The summed E-state index contributed by atoms with van der Waals surface area (Å²) in [5, 5.41) is 3.00. The van der Waals surface area contributed by atoms with Crippen molar-refractivity contribution in [2.45, 2.75) is 32.2 Å². The van der Waals surface area contributed by atoms with Gasteiger partial charge >= 0.3 is 0 Å². The van der Waals surface area contributed by atoms with E-state index >= 15 is 0 Å². The number of nitrogens with one attached hydrogen (secondary N) is 1. The Kier molecular flexibility index (Phi) is 4.04. The van der Waals surface area contributed by atoms with Crippen molar-refractivity contribution >= 4 is 34.2 Å². The highest BCUT2D eigenvalue weighted by molar-refractivity contribution is 14.1. The first-order chi connectivity index (χ1) is 8.08. The van der Waals surface area contributed by atoms with Gasteiger partial charge in [0.15, 0.2) is 0 Å². The van der Waals surface area contributed by atoms with Crippen LogP contribution in [-0.4, -0.2) is 11.9 Å². The average Bonchev–Trinajstić information content (AvgIpc) is 2.70. The number of hydrogen-bond acceptors (Lipinski definition) is 2. The summed E-state index contributed by atoms with van der Waals surface area (Å²) in [7, 11) is 0. The number of rotatable bonds is 2. The molecule has 1 aromatic rings. The molecule has 1 aliphatic carbocycles. The summed E-state index contributed by atoms with van der Waals surface area (Å²) in [5.74, 6) is 0.0485. The minimum absolute atomic E-state index is 0.0210. The zero-order valence-electron chi connectivity index (χ0n) is 9.87. The molecule has 1 fully saturated rings. The second-order valence-corrected chi connectivity index (χ2v) is 5.90. The van der Waals surface area contributed by atoms with Gasteiger partial charge in [-0.05, 0) is 60.1 Å². The van der Waals surface area contributed by atoms with Crippen LogP contribution < -0.4 is 11.1 Å². The molecule has 3 nitrogen and oxygen atoms in total. The van der Waals surface area contributed by atoms with Crippen molar-refractivity contribution in [2.75, 3.05) is 5.32 Å². The van der Waals surface area contributed by atoms with Gasteiger partial charge in [0.2, 0.25) is 5.91 Å². The molecule has 92 valence electrons. The van der Waals surface area contributed by atoms with Crippen LogP contribution in [0, 0.1) is 16.4 Å². The molecule has 0 spiro atoms. The Morgan fingerprint density at radius 3 is 2.88 bits per heavy atom. The molecule has 2 atom stereocenters. The Hall–Kier alpha value is -0.620. The number of anilines is 1. The van der Waals surface area contributed by atoms with E-state index in [0.29, 0.717) is 0 Å². The van der Waals surface area contributed by atoms with Crippen LogP contribution in [0.2, 0.25) is 0 Å². The Balaban J connectivity index is 2.10. The maximum Gasteiger partial charge on any atom is 0.229 e. The Morgan fingerprint density at radius 1 is 1.47 bits per heavy atom. The predicted octanol–water partition coefficient (Wildman–Crippen LogP) is 2.67. The van der Waals surface area contributed by atoms with Crippen LogP contribution in [-0.2, 0) is 4.79 Å². The van der Waals surface area contributed by atoms with E-state index < -0.39 is 0 Å². The number of hydrogen-bond donors (Lipinski definition) is 2. The second-order valence-electron chi connectivity index (χ2n) is 4.65. The van der Waals surface area contributed by atoms with Crippen molar-refractivity contribution in [1.29, 1.82) is 0 Å². The van der Waals surface area contributed by atoms with Crippen molar-refractivity contribution in [1.82, 2.24) is 0 Å². The number of halogens is 1. The van der Waals surface area contributed by atoms with Gasteiger partial charge in [-0.2, -0.15) is 0 Å². The van der Waals surface area contributed by atoms with Crippen LogP contribution >= 0.6 is 22.6 Å². The molecule has 2 unspecified atom stereocenters. The third-order valence-corrected chi connectivity index (χ3v) is 4.03. The highest BCUT2D eigenvalue weighted by Crippen LogP contribution is 2.26. The van der Waals surface area contributed by atoms with Gasteiger partial charge in [0.25, 0.3) is 0 Å². The first-order valence-corrected chi connectivity index (χ1v) is 6.98. The number of benzene rings is 1. The van der Waals surface area contributed by atoms with E-state index in [1.54, 1.807) is 0 Å². The van der Waals surface area contributed by atoms with Gasteiger partial charge in [0.1, 0.15) is 0 Å². The molecule has 3 N–H and O–H groups in total. The number of carbonyl (C=O) groups is 1. The van der Waals surface area contributed by atoms with Gasteiger partial charge in [0, 0.05) is 15.3 Å². The molecule has 0 aromatic heterocycles. The normalized spacial score (nSPS) is 23.7. The Bertz CT molecular complexity index is 433. The first kappa shape index (κ1) is 12.8. The molecule has 2 rings (SSSR count). The fraction of sp³-hybridized carbons (Fsp3) is 0.462. The summed E-state index contributed by atoms with van der Waals surface area (Å²) in [4.78, 5) is 12.1. The zero-order valence-corrected chi connectivity index (χ0v) is 12.0. The van der Waals surface area contributed by atoms with Crippen LogP contribution in [0.1, 0.15) is 24.8 Å². The van der Waals surface area contributed by atoms with Gasteiger partial charge in [-0.25, -0.2) is 0 Å². The van der Waals surface area contributed by atoms with Crippen LogP contribution in [0.4, 0.5) is 5.69 Å². The molecule has 1 aromatic carbocycles. The number of nitrogens with two attached hydrogens (primary N) is 1. The maximum absolute atomic E-state index is 12.1. The van der Waals surface area contributed by atoms with Crippen molar-refractivity contribution in [3.05, 3.63) is 27.3 Å². The third-order valence-electron chi connectivity index (χ3n) is 3.36. The predicted molar refractivity (Wildman–Crippen MR) is 77.8 cm³/mol. The number of aryl methyl sites for hydroxylation is 1. The Labute approximate surface area is 115 Å². The van der Waals surface area contributed by atoms with Crippen molar-refractivity contribution < 1.29 is 4.79 Å². The summed E-state index contributed by atoms with van der Waals surface area (Å²) >= 11 is 2.25. The van der Waals surface area contributed by atoms with Crippen LogP contribution in [0.25, 0.3) is 0 Å². The molecular weight excluding hydrogens is 327 g/mol. The van der Waals surface area contributed by atoms with E-state index in [2.05, 4.69) is 27.9 Å². The molecule has 1 saturated carbocycles. The van der Waals surface area contributed by atoms with E-state index in [4.69, 9.17) is 5.73 Å². The van der Waals surface area contributed by atoms with Gasteiger partial charge in [-0.15, -0.1) is 0 Å². The summed E-state index contributed by atoms with van der Waals surface area (Å²) in [6.07, 6.45) is 2.93. The monoisotopic (exact) mass is 344 g/mol. The fourth-order valence-electron chi connectivity index (χ4n) is 2.27. The number of carbonyl (C=O) groups excluding carboxylic acids is 1. The molecule has 0 saturated heterocycles. The first-order valence-electron chi connectivity index (χ1n) is 5.90. The molecule has 0 bridgehead atoms. The summed E-state index contributed by atoms with van der Waals surface area (Å²) in [5.41, 5.74) is 7.93.